The van der Waals surface area contributed by atoms with E-state index in [0.29, 0.717) is 12.8 Å². The lowest BCUT2D eigenvalue weighted by molar-refractivity contribution is -0.162. The maximum atomic E-state index is 12.0. The van der Waals surface area contributed by atoms with Crippen molar-refractivity contribution < 1.29 is 68.1 Å². The van der Waals surface area contributed by atoms with E-state index in [0.717, 1.165) is 6.08 Å². The molecule has 0 aromatic carbocycles. The average molecular weight is 636 g/mol. The summed E-state index contributed by atoms with van der Waals surface area (Å²) < 4.78 is 83.7. The Hall–Kier alpha value is -2.90. The smallest absolute Gasteiger partial charge is 0.344 e. The van der Waals surface area contributed by atoms with E-state index in [-0.39, 0.29) is 12.1 Å². The topological polar surface area (TPSA) is 213 Å². The minimum Gasteiger partial charge on any atom is -0.457 e. The molecule has 6 heterocycles. The van der Waals surface area contributed by atoms with Crippen LogP contribution in [0.15, 0.2) is 24.8 Å². The van der Waals surface area contributed by atoms with Gasteiger partial charge in [0.1, 0.15) is 42.7 Å². The molecule has 0 radical (unpaired) electrons. The molecular formula is C24H29NO15S2. The van der Waals surface area contributed by atoms with Crippen LogP contribution >= 0.6 is 0 Å². The normalized spacial score (nSPS) is 40.0. The molecule has 6 aliphatic rings. The van der Waals surface area contributed by atoms with E-state index < -0.39 is 109 Å². The number of esters is 3. The molecule has 0 saturated carbocycles. The predicted molar refractivity (Wildman–Crippen MR) is 135 cm³/mol. The summed E-state index contributed by atoms with van der Waals surface area (Å²) >= 11 is 0. The van der Waals surface area contributed by atoms with Crippen LogP contribution in [0.5, 0.6) is 0 Å². The van der Waals surface area contributed by atoms with Gasteiger partial charge < -0.3 is 29.0 Å². The summed E-state index contributed by atoms with van der Waals surface area (Å²) in [6.45, 7) is 8.78. The van der Waals surface area contributed by atoms with E-state index in [2.05, 4.69) is 23.2 Å². The highest BCUT2D eigenvalue weighted by molar-refractivity contribution is 7.88. The fourth-order valence-corrected chi connectivity index (χ4v) is 9.83. The van der Waals surface area contributed by atoms with Gasteiger partial charge in [0.15, 0.2) is 17.1 Å². The van der Waals surface area contributed by atoms with Crippen molar-refractivity contribution in [2.75, 3.05) is 13.2 Å². The fourth-order valence-electron chi connectivity index (χ4n) is 6.03. The van der Waals surface area contributed by atoms with Crippen LogP contribution in [0.25, 0.3) is 0 Å². The number of fused-ring (bicyclic) bond motifs is 2. The zero-order valence-corrected chi connectivity index (χ0v) is 24.1. The molecule has 6 fully saturated rings. The number of carbonyl (C=O) groups is 4. The van der Waals surface area contributed by atoms with Crippen LogP contribution in [0.1, 0.15) is 26.7 Å². The Morgan fingerprint density at radius 1 is 0.976 bits per heavy atom. The van der Waals surface area contributed by atoms with Crippen molar-refractivity contribution in [3.05, 3.63) is 24.8 Å². The lowest BCUT2D eigenvalue weighted by atomic mass is 9.84. The molecule has 4 bridgehead atoms. The molecule has 0 aromatic heterocycles. The lowest BCUT2D eigenvalue weighted by Crippen LogP contribution is -2.47. The van der Waals surface area contributed by atoms with E-state index in [1.165, 1.54) is 6.92 Å². The van der Waals surface area contributed by atoms with Gasteiger partial charge in [-0.05, 0) is 19.9 Å². The van der Waals surface area contributed by atoms with Gasteiger partial charge in [0, 0.05) is 18.4 Å². The van der Waals surface area contributed by atoms with Gasteiger partial charge >= 0.3 is 17.9 Å². The van der Waals surface area contributed by atoms with Crippen LogP contribution in [0.3, 0.4) is 0 Å². The summed E-state index contributed by atoms with van der Waals surface area (Å²) in [6.07, 6.45) is -2.75. The largest absolute Gasteiger partial charge is 0.457 e. The molecule has 42 heavy (non-hydrogen) atoms. The number of nitrogens with one attached hydrogen (secondary N) is 1. The van der Waals surface area contributed by atoms with E-state index in [9.17, 15) is 36.0 Å². The predicted octanol–water partition coefficient (Wildman–Crippen LogP) is -1.86. The molecule has 0 aliphatic carbocycles. The fraction of sp³-hybridized carbons (Fsp3) is 0.667. The Bertz CT molecular complexity index is 1440. The Morgan fingerprint density at radius 2 is 1.64 bits per heavy atom. The van der Waals surface area contributed by atoms with Crippen LogP contribution < -0.4 is 5.32 Å². The van der Waals surface area contributed by atoms with Crippen molar-refractivity contribution in [2.45, 2.75) is 85.5 Å². The molecule has 10 atom stereocenters. The van der Waals surface area contributed by atoms with Gasteiger partial charge in [-0.3, -0.25) is 18.0 Å². The Labute approximate surface area is 240 Å². The molecule has 0 aromatic rings. The molecule has 0 spiro atoms. The molecular weight excluding hydrogens is 606 g/mol. The molecule has 6 aliphatic heterocycles. The summed E-state index contributed by atoms with van der Waals surface area (Å²) in [5.41, 5.74) is -0.734. The quantitative estimate of drug-likeness (QED) is 0.134. The monoisotopic (exact) mass is 635 g/mol. The number of hydrogen-bond acceptors (Lipinski definition) is 15. The zero-order valence-electron chi connectivity index (χ0n) is 22.5. The Balaban J connectivity index is 0.000000169. The first-order valence-electron chi connectivity index (χ1n) is 12.9. The van der Waals surface area contributed by atoms with Crippen molar-refractivity contribution in [1.29, 1.82) is 0 Å². The second kappa shape index (κ2) is 10.7. The zero-order chi connectivity index (χ0) is 30.8. The maximum Gasteiger partial charge on any atom is 0.344 e. The van der Waals surface area contributed by atoms with Crippen molar-refractivity contribution in [3.8, 4) is 0 Å². The van der Waals surface area contributed by atoms with Crippen LogP contribution in [0.2, 0.25) is 0 Å². The summed E-state index contributed by atoms with van der Waals surface area (Å²) in [7, 11) is -7.62. The minimum atomic E-state index is -3.85. The van der Waals surface area contributed by atoms with Gasteiger partial charge in [0.25, 0.3) is 20.2 Å². The summed E-state index contributed by atoms with van der Waals surface area (Å²) in [6, 6.07) is 0. The molecule has 6 saturated heterocycles. The van der Waals surface area contributed by atoms with Gasteiger partial charge in [-0.15, -0.1) is 0 Å². The number of carbonyl (C=O) groups excluding carboxylic acids is 4. The van der Waals surface area contributed by atoms with E-state index in [1.54, 1.807) is 6.92 Å². The van der Waals surface area contributed by atoms with Crippen LogP contribution in [-0.2, 0) is 71.5 Å². The first kappa shape index (κ1) is 30.6. The number of rotatable bonds is 8. The highest BCUT2D eigenvalue weighted by atomic mass is 32.2. The van der Waals surface area contributed by atoms with Crippen LogP contribution in [0.4, 0.5) is 0 Å². The number of amides is 1. The Morgan fingerprint density at radius 3 is 2.31 bits per heavy atom. The van der Waals surface area contributed by atoms with Gasteiger partial charge in [0.2, 0.25) is 5.91 Å². The average Bonchev–Trinajstić information content (AvgIpc) is 3.67. The molecule has 1 amide bonds. The van der Waals surface area contributed by atoms with Crippen LogP contribution in [-0.4, -0.2) is 113 Å². The second-order valence-corrected chi connectivity index (χ2v) is 14.2. The number of hydrogen-bond donors (Lipinski definition) is 1. The van der Waals surface area contributed by atoms with E-state index in [4.69, 9.17) is 27.3 Å². The third kappa shape index (κ3) is 5.35. The van der Waals surface area contributed by atoms with Gasteiger partial charge in [-0.25, -0.2) is 9.59 Å². The number of ether oxygens (including phenoxy) is 5. The summed E-state index contributed by atoms with van der Waals surface area (Å²) in [5.74, 6) is -2.78. The summed E-state index contributed by atoms with van der Waals surface area (Å²) in [4.78, 5) is 45.5. The van der Waals surface area contributed by atoms with Gasteiger partial charge in [-0.1, -0.05) is 13.2 Å². The van der Waals surface area contributed by atoms with Crippen molar-refractivity contribution in [1.82, 2.24) is 5.32 Å². The van der Waals surface area contributed by atoms with Gasteiger partial charge in [-0.2, -0.15) is 16.8 Å². The lowest BCUT2D eigenvalue weighted by Gasteiger charge is -2.26. The van der Waals surface area contributed by atoms with Gasteiger partial charge in [0.05, 0.1) is 12.2 Å². The summed E-state index contributed by atoms with van der Waals surface area (Å²) in [5, 5.41) is 0.263. The molecule has 16 nitrogen and oxygen atoms in total. The molecule has 1 N–H and O–H groups in total. The maximum absolute atomic E-state index is 12.0. The van der Waals surface area contributed by atoms with Crippen LogP contribution in [0, 0.1) is 0 Å². The first-order valence-corrected chi connectivity index (χ1v) is 15.8. The highest BCUT2D eigenvalue weighted by Crippen LogP contribution is 2.54. The van der Waals surface area contributed by atoms with E-state index in [1.807, 2.05) is 0 Å². The first-order chi connectivity index (χ1) is 19.6. The van der Waals surface area contributed by atoms with Crippen molar-refractivity contribution >= 4 is 44.1 Å². The molecule has 10 unspecified atom stereocenters. The Kier molecular flexibility index (Phi) is 7.76. The van der Waals surface area contributed by atoms with E-state index >= 15 is 0 Å². The minimum absolute atomic E-state index is 0.151. The third-order valence-electron chi connectivity index (χ3n) is 7.72. The highest BCUT2D eigenvalue weighted by Gasteiger charge is 2.73. The molecule has 6 rings (SSSR count). The second-order valence-electron chi connectivity index (χ2n) is 10.8. The standard InChI is InChI=1S/C13H16O8S.C11H13NO7S/c1-6(2)12(15)18-5-8(14)20-9-7-4-13(3)11(19-7)10(9)22(16,17)21-13;1-2-7(13)12-4-8(14)18-9-5-3-6-10(17-5)11(9)20(15,16)19-6/h7,9-11H,1,4-5H2,2-3H3;2,5-6,9-11H,1,3-4H2,(H,12,13). The third-order valence-corrected chi connectivity index (χ3v) is 11.2. The molecule has 232 valence electrons. The van der Waals surface area contributed by atoms with Crippen molar-refractivity contribution in [2.24, 2.45) is 0 Å². The molecule has 18 heteroatoms. The van der Waals surface area contributed by atoms with Crippen molar-refractivity contribution in [3.63, 3.8) is 0 Å². The SMILES string of the molecule is C=C(C)C(=O)OCC(=O)OC1C2CC3(C)OS(=O)(=O)C1C3O2.C=CC(=O)NCC(=O)OC1C2CC3OS(=O)(=O)C1C3O2.